The van der Waals surface area contributed by atoms with Crippen LogP contribution >= 0.6 is 0 Å². The van der Waals surface area contributed by atoms with E-state index in [-0.39, 0.29) is 22.8 Å². The lowest BCUT2D eigenvalue weighted by Gasteiger charge is -2.59. The van der Waals surface area contributed by atoms with Gasteiger partial charge in [0.15, 0.2) is 0 Å². The van der Waals surface area contributed by atoms with E-state index in [9.17, 15) is 9.59 Å². The van der Waals surface area contributed by atoms with E-state index in [0.717, 1.165) is 102 Å². The number of esters is 2. The summed E-state index contributed by atoms with van der Waals surface area (Å²) >= 11 is 0. The zero-order chi connectivity index (χ0) is 40.5. The average molecular weight is 821 g/mol. The number of hydrogen-bond acceptors (Lipinski definition) is 8. The fourth-order valence-corrected chi connectivity index (χ4v) is 14.4. The fourth-order valence-electron chi connectivity index (χ4n) is 14.4. The second kappa shape index (κ2) is 18.1. The summed E-state index contributed by atoms with van der Waals surface area (Å²) in [5.74, 6) is 2.62. The third-order valence-corrected chi connectivity index (χ3v) is 17.2. The van der Waals surface area contributed by atoms with E-state index in [2.05, 4.69) is 34.1 Å². The maximum absolute atomic E-state index is 13.0. The topological polar surface area (TPSA) is 77.5 Å². The normalized spacial score (nSPS) is 33.3. The number of fused-ring (bicyclic) bond motifs is 2. The quantitative estimate of drug-likeness (QED) is 0.1000. The van der Waals surface area contributed by atoms with Crippen molar-refractivity contribution in [1.82, 2.24) is 9.80 Å². The van der Waals surface area contributed by atoms with Crippen LogP contribution in [0.25, 0.3) is 0 Å². The molecule has 4 bridgehead atoms. The van der Waals surface area contributed by atoms with E-state index < -0.39 is 0 Å². The highest BCUT2D eigenvalue weighted by Crippen LogP contribution is 2.58. The number of rotatable bonds is 15. The Labute approximate surface area is 359 Å². The van der Waals surface area contributed by atoms with Crippen LogP contribution in [0, 0.1) is 11.8 Å². The van der Waals surface area contributed by atoms with Crippen LogP contribution in [0.3, 0.4) is 0 Å². The first kappa shape index (κ1) is 41.2. The van der Waals surface area contributed by atoms with Gasteiger partial charge in [-0.3, -0.25) is 19.4 Å². The van der Waals surface area contributed by atoms with E-state index in [1.807, 2.05) is 12.1 Å². The lowest BCUT2D eigenvalue weighted by Crippen LogP contribution is -2.61. The minimum Gasteiger partial charge on any atom is -0.427 e. The van der Waals surface area contributed by atoms with Crippen molar-refractivity contribution in [3.63, 3.8) is 0 Å². The second-order valence-corrected chi connectivity index (χ2v) is 20.5. The van der Waals surface area contributed by atoms with Gasteiger partial charge in [0.2, 0.25) is 0 Å². The van der Waals surface area contributed by atoms with E-state index >= 15 is 0 Å². The number of nitrogens with zero attached hydrogens (tertiary/aromatic N) is 2. The molecule has 4 saturated heterocycles. The summed E-state index contributed by atoms with van der Waals surface area (Å²) in [6, 6.07) is 14.4. The zero-order valence-corrected chi connectivity index (χ0v) is 36.5. The number of unbranched alkanes of at least 4 members (excludes halogenated alkanes) is 5. The van der Waals surface area contributed by atoms with Crippen LogP contribution in [0.4, 0.5) is 0 Å². The zero-order valence-electron chi connectivity index (χ0n) is 36.5. The Morgan fingerprint density at radius 1 is 0.567 bits per heavy atom. The number of likely N-dealkylation sites (tertiary alicyclic amines) is 2. The van der Waals surface area contributed by atoms with E-state index in [1.54, 1.807) is 0 Å². The monoisotopic (exact) mass is 821 g/mol. The molecule has 8 heteroatoms. The van der Waals surface area contributed by atoms with Crippen LogP contribution in [0.1, 0.15) is 164 Å². The van der Waals surface area contributed by atoms with Gasteiger partial charge in [0, 0.05) is 62.1 Å². The van der Waals surface area contributed by atoms with Crippen LogP contribution in [0.15, 0.2) is 36.4 Å². The highest BCUT2D eigenvalue weighted by Gasteiger charge is 2.55. The standard InChI is InChI=1S/C52H72N2O6/c55-49(59-39-21-19-37-31-47-43-15-7-9-23-51(43,45(37)33-39)25-27-53(47)35-41-13-11-29-57-41)17-5-3-1-2-4-6-18-50(56)60-40-22-20-38-32-48-44-16-8-10-24-52(44,46(38)34-40)26-28-54(48)36-42-14-12-30-58-42/h19-22,33-34,41-44,47-48H,1-18,23-32,35-36H2/t41-,42-,43-,44-,47+,48+,51+,52+/m0/s1. The van der Waals surface area contributed by atoms with Gasteiger partial charge in [0.25, 0.3) is 0 Å². The number of hydrogen-bond donors (Lipinski definition) is 0. The van der Waals surface area contributed by atoms with Crippen LogP contribution in [-0.2, 0) is 42.7 Å². The Morgan fingerprint density at radius 2 is 1.03 bits per heavy atom. The number of piperidine rings is 2. The molecular formula is C52H72N2O6. The number of carbonyl (C=O) groups excluding carboxylic acids is 2. The molecule has 10 rings (SSSR count). The molecule has 2 aromatic rings. The van der Waals surface area contributed by atoms with Crippen molar-refractivity contribution >= 4 is 11.9 Å². The molecule has 0 radical (unpaired) electrons. The summed E-state index contributed by atoms with van der Waals surface area (Å²) in [4.78, 5) is 31.6. The Hall–Kier alpha value is -2.78. The summed E-state index contributed by atoms with van der Waals surface area (Å²) in [6.07, 6.45) is 27.4. The first-order chi connectivity index (χ1) is 29.5. The van der Waals surface area contributed by atoms with Gasteiger partial charge in [-0.15, -0.1) is 0 Å². The van der Waals surface area contributed by atoms with Crippen LogP contribution in [0.2, 0.25) is 0 Å². The molecule has 4 heterocycles. The highest BCUT2D eigenvalue weighted by atomic mass is 16.5. The van der Waals surface area contributed by atoms with Gasteiger partial charge in [-0.05, 0) is 161 Å². The molecule has 2 aromatic carbocycles. The summed E-state index contributed by atoms with van der Waals surface area (Å²) < 4.78 is 24.1. The lowest BCUT2D eigenvalue weighted by atomic mass is 9.52. The maximum atomic E-state index is 13.0. The highest BCUT2D eigenvalue weighted by molar-refractivity contribution is 5.73. The molecular weight excluding hydrogens is 749 g/mol. The maximum Gasteiger partial charge on any atom is 0.311 e. The van der Waals surface area contributed by atoms with Gasteiger partial charge in [-0.1, -0.05) is 63.5 Å². The van der Waals surface area contributed by atoms with Crippen LogP contribution in [-0.4, -0.2) is 85.4 Å². The molecule has 2 saturated carbocycles. The third kappa shape index (κ3) is 8.26. The summed E-state index contributed by atoms with van der Waals surface area (Å²) in [5.41, 5.74) is 6.37. The van der Waals surface area contributed by atoms with Crippen molar-refractivity contribution < 1.29 is 28.5 Å². The van der Waals surface area contributed by atoms with E-state index in [4.69, 9.17) is 18.9 Å². The van der Waals surface area contributed by atoms with Gasteiger partial charge >= 0.3 is 11.9 Å². The lowest BCUT2D eigenvalue weighted by molar-refractivity contribution is -0.135. The predicted molar refractivity (Wildman–Crippen MR) is 234 cm³/mol. The van der Waals surface area contributed by atoms with E-state index in [0.29, 0.717) is 49.0 Å². The van der Waals surface area contributed by atoms with Gasteiger partial charge in [0.05, 0.1) is 12.2 Å². The summed E-state index contributed by atoms with van der Waals surface area (Å²) in [6.45, 7) is 6.34. The third-order valence-electron chi connectivity index (χ3n) is 17.2. The van der Waals surface area contributed by atoms with Crippen molar-refractivity contribution in [3.05, 3.63) is 58.7 Å². The summed E-state index contributed by atoms with van der Waals surface area (Å²) in [7, 11) is 0. The molecule has 8 atom stereocenters. The molecule has 0 amide bonds. The molecule has 8 aliphatic rings. The van der Waals surface area contributed by atoms with Crippen molar-refractivity contribution in [3.8, 4) is 11.5 Å². The largest absolute Gasteiger partial charge is 0.427 e. The Bertz CT molecular complexity index is 1700. The van der Waals surface area contributed by atoms with Gasteiger partial charge in [-0.2, -0.15) is 0 Å². The molecule has 4 aliphatic carbocycles. The number of ether oxygens (including phenoxy) is 4. The Morgan fingerprint density at radius 3 is 1.48 bits per heavy atom. The van der Waals surface area contributed by atoms with Crippen molar-refractivity contribution in [2.24, 2.45) is 11.8 Å². The SMILES string of the molecule is O=C(CCCCCCCCC(=O)Oc1ccc2c(c1)[C@@]13CCCC[C@H]1[C@@H](C2)N(C[C@@H]1CCCO1)CC3)Oc1ccc2c(c1)[C@@]13CCCC[C@H]1[C@@H](C2)N(C[C@@H]1CCCO1)CC3. The Balaban J connectivity index is 0.649. The van der Waals surface area contributed by atoms with Crippen LogP contribution in [0.5, 0.6) is 11.5 Å². The van der Waals surface area contributed by atoms with Crippen molar-refractivity contribution in [1.29, 1.82) is 0 Å². The van der Waals surface area contributed by atoms with Crippen LogP contribution < -0.4 is 9.47 Å². The molecule has 4 aliphatic heterocycles. The minimum atomic E-state index is -0.115. The molecule has 0 N–H and O–H groups in total. The second-order valence-electron chi connectivity index (χ2n) is 20.5. The van der Waals surface area contributed by atoms with E-state index in [1.165, 1.54) is 112 Å². The smallest absolute Gasteiger partial charge is 0.311 e. The Kier molecular flexibility index (Phi) is 12.5. The number of benzene rings is 2. The summed E-state index contributed by atoms with van der Waals surface area (Å²) in [5, 5.41) is 0. The molecule has 326 valence electrons. The van der Waals surface area contributed by atoms with Crippen molar-refractivity contribution in [2.75, 3.05) is 39.4 Å². The minimum absolute atomic E-state index is 0.115. The predicted octanol–water partition coefficient (Wildman–Crippen LogP) is 9.79. The number of carbonyl (C=O) groups is 2. The molecule has 60 heavy (non-hydrogen) atoms. The molecule has 6 fully saturated rings. The molecule has 0 unspecified atom stereocenters. The molecule has 8 nitrogen and oxygen atoms in total. The average Bonchev–Trinajstić information content (AvgIpc) is 3.99. The fraction of sp³-hybridized carbons (Fsp3) is 0.731. The molecule has 0 spiro atoms. The first-order valence-corrected chi connectivity index (χ1v) is 24.9. The van der Waals surface area contributed by atoms with Gasteiger partial charge < -0.3 is 18.9 Å². The molecule has 0 aromatic heterocycles. The first-order valence-electron chi connectivity index (χ1n) is 24.9. The van der Waals surface area contributed by atoms with Gasteiger partial charge in [0.1, 0.15) is 11.5 Å². The van der Waals surface area contributed by atoms with Gasteiger partial charge in [-0.25, -0.2) is 0 Å². The van der Waals surface area contributed by atoms with Crippen molar-refractivity contribution in [2.45, 2.75) is 189 Å².